The number of benzene rings is 2. The third-order valence-electron chi connectivity index (χ3n) is 7.21. The summed E-state index contributed by atoms with van der Waals surface area (Å²) in [6.45, 7) is 11.7. The number of nitrogens with zero attached hydrogens (tertiary/aromatic N) is 3. The molecule has 1 fully saturated rings. The van der Waals surface area contributed by atoms with E-state index in [1.54, 1.807) is 12.1 Å². The first-order valence-electron chi connectivity index (χ1n) is 15.5. The van der Waals surface area contributed by atoms with Gasteiger partial charge in [0.1, 0.15) is 17.1 Å². The first-order valence-corrected chi connectivity index (χ1v) is 15.5. The van der Waals surface area contributed by atoms with Gasteiger partial charge in [-0.05, 0) is 94.7 Å². The molecule has 260 valence electrons. The van der Waals surface area contributed by atoms with Gasteiger partial charge in [0.05, 0.1) is 11.0 Å². The van der Waals surface area contributed by atoms with Gasteiger partial charge in [-0.3, -0.25) is 15.1 Å². The third kappa shape index (κ3) is 14.5. The Kier molecular flexibility index (Phi) is 15.3. The van der Waals surface area contributed by atoms with Crippen LogP contribution >= 0.6 is 0 Å². The van der Waals surface area contributed by atoms with Crippen molar-refractivity contribution < 1.29 is 40.7 Å². The van der Waals surface area contributed by atoms with Crippen molar-refractivity contribution in [2.45, 2.75) is 91.8 Å². The van der Waals surface area contributed by atoms with Crippen LogP contribution in [0, 0.1) is 29.9 Å². The van der Waals surface area contributed by atoms with Crippen LogP contribution in [-0.2, 0) is 6.18 Å². The fourth-order valence-electron chi connectivity index (χ4n) is 4.94. The van der Waals surface area contributed by atoms with Gasteiger partial charge in [0, 0.05) is 42.8 Å². The summed E-state index contributed by atoms with van der Waals surface area (Å²) in [4.78, 5) is 15.6. The fourth-order valence-corrected chi connectivity index (χ4v) is 4.94. The van der Waals surface area contributed by atoms with E-state index in [2.05, 4.69) is 35.4 Å². The number of hydrogen-bond acceptors (Lipinski definition) is 6. The summed E-state index contributed by atoms with van der Waals surface area (Å²) in [7, 11) is 0. The topological polar surface area (TPSA) is 77.7 Å². The molecule has 0 N–H and O–H groups in total. The Morgan fingerprint density at radius 1 is 0.872 bits per heavy atom. The smallest absolute Gasteiger partial charge is 0.490 e. The molecule has 0 saturated heterocycles. The number of anilines is 1. The number of aromatic nitrogens is 1. The summed E-state index contributed by atoms with van der Waals surface area (Å²) in [5, 5.41) is 10.3. The predicted octanol–water partition coefficient (Wildman–Crippen LogP) is 10.5. The number of nitro groups is 1. The zero-order chi connectivity index (χ0) is 35.2. The molecule has 1 aliphatic carbocycles. The van der Waals surface area contributed by atoms with Crippen LogP contribution in [0.4, 0.5) is 37.7 Å². The summed E-state index contributed by atoms with van der Waals surface area (Å²) < 4.78 is 82.7. The van der Waals surface area contributed by atoms with Crippen molar-refractivity contribution in [2.24, 2.45) is 5.92 Å². The maximum Gasteiger partial charge on any atom is 0.573 e. The minimum Gasteiger partial charge on any atom is -0.490 e. The molecule has 1 saturated carbocycles. The largest absolute Gasteiger partial charge is 0.573 e. The molecule has 2 aromatic carbocycles. The summed E-state index contributed by atoms with van der Waals surface area (Å²) in [5.74, 6) is 1.67. The lowest BCUT2D eigenvalue weighted by molar-refractivity contribution is -0.388. The average Bonchev–Trinajstić information content (AvgIpc) is 2.98. The van der Waals surface area contributed by atoms with E-state index in [-0.39, 0.29) is 5.75 Å². The maximum absolute atomic E-state index is 12.3. The molecule has 0 aliphatic heterocycles. The Bertz CT molecular complexity index is 1370. The molecule has 7 nitrogen and oxygen atoms in total. The summed E-state index contributed by atoms with van der Waals surface area (Å²) in [6.07, 6.45) is -0.0858. The average molecular weight is 672 g/mol. The second kappa shape index (κ2) is 18.3. The molecule has 13 heteroatoms. The van der Waals surface area contributed by atoms with Gasteiger partial charge < -0.3 is 14.4 Å². The highest BCUT2D eigenvalue weighted by atomic mass is 19.4. The van der Waals surface area contributed by atoms with Gasteiger partial charge in [0.15, 0.2) is 0 Å². The molecule has 1 aliphatic rings. The van der Waals surface area contributed by atoms with Crippen LogP contribution in [0.15, 0.2) is 60.8 Å². The normalized spacial score (nSPS) is 16.1. The molecule has 4 rings (SSSR count). The van der Waals surface area contributed by atoms with Crippen LogP contribution in [0.1, 0.15) is 76.1 Å². The van der Waals surface area contributed by atoms with Crippen molar-refractivity contribution in [3.8, 4) is 11.5 Å². The van der Waals surface area contributed by atoms with Crippen LogP contribution in [-0.4, -0.2) is 35.5 Å². The van der Waals surface area contributed by atoms with E-state index in [0.717, 1.165) is 61.1 Å². The first-order chi connectivity index (χ1) is 22.0. The minimum atomic E-state index is -4.69. The van der Waals surface area contributed by atoms with Crippen LogP contribution in [0.3, 0.4) is 0 Å². The lowest BCUT2D eigenvalue weighted by Gasteiger charge is -2.26. The van der Waals surface area contributed by atoms with E-state index in [1.165, 1.54) is 50.8 Å². The van der Waals surface area contributed by atoms with Gasteiger partial charge in [0.2, 0.25) is 0 Å². The summed E-state index contributed by atoms with van der Waals surface area (Å²) in [5.41, 5.74) is 0.165. The summed E-state index contributed by atoms with van der Waals surface area (Å²) >= 11 is 0. The lowest BCUT2D eigenvalue weighted by Crippen LogP contribution is -2.24. The summed E-state index contributed by atoms with van der Waals surface area (Å²) in [6, 6.07) is 12.9. The van der Waals surface area contributed by atoms with Gasteiger partial charge in [-0.25, -0.2) is 0 Å². The first kappa shape index (κ1) is 39.1. The van der Waals surface area contributed by atoms with E-state index < -0.39 is 28.7 Å². The molecule has 0 spiro atoms. The van der Waals surface area contributed by atoms with E-state index >= 15 is 0 Å². The van der Waals surface area contributed by atoms with Crippen LogP contribution in [0.5, 0.6) is 11.5 Å². The number of aryl methyl sites for hydroxylation is 2. The van der Waals surface area contributed by atoms with E-state index in [1.807, 2.05) is 25.3 Å². The SMILES string of the molecule is CCCN(CCC)c1ccc(OC(F)(F)F)cc1.Cc1cc(OC2CCC(C)CC2)ccn1.Cc1ccc([N+](=O)[O-])c(C(F)(F)F)c1. The molecule has 1 aromatic heterocycles. The zero-order valence-corrected chi connectivity index (χ0v) is 27.3. The predicted molar refractivity (Wildman–Crippen MR) is 170 cm³/mol. The van der Waals surface area contributed by atoms with Crippen molar-refractivity contribution in [2.75, 3.05) is 18.0 Å². The van der Waals surface area contributed by atoms with Crippen molar-refractivity contribution in [1.29, 1.82) is 0 Å². The van der Waals surface area contributed by atoms with Gasteiger partial charge >= 0.3 is 12.5 Å². The second-order valence-electron chi connectivity index (χ2n) is 11.4. The highest BCUT2D eigenvalue weighted by Crippen LogP contribution is 2.36. The number of pyridine rings is 1. The number of nitro benzene ring substituents is 1. The van der Waals surface area contributed by atoms with Crippen LogP contribution < -0.4 is 14.4 Å². The number of halogens is 6. The Hall–Kier alpha value is -4.03. The van der Waals surface area contributed by atoms with Crippen LogP contribution in [0.2, 0.25) is 0 Å². The molecule has 0 unspecified atom stereocenters. The number of alkyl halides is 6. The highest BCUT2D eigenvalue weighted by Gasteiger charge is 2.38. The van der Waals surface area contributed by atoms with Gasteiger partial charge in [-0.1, -0.05) is 32.4 Å². The van der Waals surface area contributed by atoms with E-state index in [9.17, 15) is 36.5 Å². The molecule has 0 atom stereocenters. The maximum atomic E-state index is 12.3. The molecule has 47 heavy (non-hydrogen) atoms. The third-order valence-corrected chi connectivity index (χ3v) is 7.21. The van der Waals surface area contributed by atoms with Gasteiger partial charge in [-0.15, -0.1) is 13.2 Å². The molecule has 0 amide bonds. The fraction of sp³-hybridized carbons (Fsp3) is 0.500. The van der Waals surface area contributed by atoms with Gasteiger partial charge in [-0.2, -0.15) is 13.2 Å². The Morgan fingerprint density at radius 2 is 1.47 bits per heavy atom. The minimum absolute atomic E-state index is 0.181. The standard InChI is InChI=1S/C13H18F3NO.C13H19NO.C8H6F3NO2/c1-3-9-17(10-4-2)11-5-7-12(8-6-11)18-13(14,15)16;1-10-3-5-12(6-4-10)15-13-7-8-14-11(2)9-13;1-5-2-3-7(12(13)14)6(4-5)8(9,10)11/h5-8H,3-4,9-10H2,1-2H3;7-10,12H,3-6H2,1-2H3;2-4H,1H3. The van der Waals surface area contributed by atoms with E-state index in [4.69, 9.17) is 4.74 Å². The zero-order valence-electron chi connectivity index (χ0n) is 27.3. The Morgan fingerprint density at radius 3 is 1.96 bits per heavy atom. The molecule has 0 radical (unpaired) electrons. The molecular weight excluding hydrogens is 628 g/mol. The second-order valence-corrected chi connectivity index (χ2v) is 11.4. The van der Waals surface area contributed by atoms with Crippen molar-refractivity contribution in [3.63, 3.8) is 0 Å². The Balaban J connectivity index is 0.000000247. The monoisotopic (exact) mass is 671 g/mol. The van der Waals surface area contributed by atoms with Crippen molar-refractivity contribution >= 4 is 11.4 Å². The lowest BCUT2D eigenvalue weighted by atomic mass is 9.89. The Labute approximate surface area is 272 Å². The molecule has 1 heterocycles. The molecular formula is C34H43F6N3O4. The number of rotatable bonds is 9. The number of ether oxygens (including phenoxy) is 2. The van der Waals surface area contributed by atoms with Crippen molar-refractivity contribution in [3.05, 3.63) is 87.7 Å². The van der Waals surface area contributed by atoms with Crippen LogP contribution in [0.25, 0.3) is 0 Å². The van der Waals surface area contributed by atoms with Crippen molar-refractivity contribution in [1.82, 2.24) is 4.98 Å². The van der Waals surface area contributed by atoms with E-state index in [0.29, 0.717) is 11.7 Å². The quantitative estimate of drug-likeness (QED) is 0.128. The highest BCUT2D eigenvalue weighted by molar-refractivity contribution is 5.49. The van der Waals surface area contributed by atoms with Gasteiger partial charge in [0.25, 0.3) is 5.69 Å². The number of hydrogen-bond donors (Lipinski definition) is 0. The molecule has 0 bridgehead atoms. The molecule has 3 aromatic rings.